The topological polar surface area (TPSA) is 98.5 Å². The number of methoxy groups -OCH3 is 1. The lowest BCUT2D eigenvalue weighted by Gasteiger charge is -2.24. The molecular weight excluding hydrogens is 380 g/mol. The van der Waals surface area contributed by atoms with Crippen molar-refractivity contribution in [3.63, 3.8) is 0 Å². The van der Waals surface area contributed by atoms with Crippen LogP contribution in [-0.4, -0.2) is 38.2 Å². The fourth-order valence-corrected chi connectivity index (χ4v) is 3.49. The highest BCUT2D eigenvalue weighted by atomic mass is 16.5. The number of rotatable bonds is 10. The Hall–Kier alpha value is -3.16. The van der Waals surface area contributed by atoms with Gasteiger partial charge in [0.25, 0.3) is 5.91 Å². The summed E-state index contributed by atoms with van der Waals surface area (Å²) in [6.07, 6.45) is 1.73. The molecule has 0 saturated carbocycles. The van der Waals surface area contributed by atoms with Crippen molar-refractivity contribution in [3.8, 4) is 5.75 Å². The molecule has 0 radical (unpaired) electrons. The molecule has 7 heteroatoms. The predicted molar refractivity (Wildman–Crippen MR) is 119 cm³/mol. The molecule has 0 aliphatic rings. The molecule has 0 saturated heterocycles. The van der Waals surface area contributed by atoms with Crippen LogP contribution in [0.3, 0.4) is 0 Å². The van der Waals surface area contributed by atoms with Crippen molar-refractivity contribution >= 4 is 22.5 Å². The van der Waals surface area contributed by atoms with Gasteiger partial charge in [-0.2, -0.15) is 0 Å². The first-order valence-electron chi connectivity index (χ1n) is 9.92. The van der Waals surface area contributed by atoms with Gasteiger partial charge in [-0.1, -0.05) is 24.3 Å². The van der Waals surface area contributed by atoms with E-state index in [0.717, 1.165) is 28.0 Å². The molecule has 1 amide bonds. The Morgan fingerprint density at radius 3 is 2.60 bits per heavy atom. The van der Waals surface area contributed by atoms with Gasteiger partial charge in [-0.05, 0) is 37.7 Å². The zero-order valence-corrected chi connectivity index (χ0v) is 17.6. The number of hydrogen-bond acceptors (Lipinski definition) is 6. The number of nitrogens with one attached hydrogen (secondary N) is 2. The van der Waals surface area contributed by atoms with Crippen molar-refractivity contribution in [1.29, 1.82) is 0 Å². The molecular formula is C23H28N4O3. The molecule has 30 heavy (non-hydrogen) atoms. The molecule has 0 spiro atoms. The minimum atomic E-state index is -0.503. The maximum absolute atomic E-state index is 11.9. The summed E-state index contributed by atoms with van der Waals surface area (Å²) >= 11 is 0. The van der Waals surface area contributed by atoms with Gasteiger partial charge in [-0.25, -0.2) is 0 Å². The van der Waals surface area contributed by atoms with Gasteiger partial charge < -0.3 is 25.8 Å². The molecule has 0 aliphatic carbocycles. The van der Waals surface area contributed by atoms with E-state index in [-0.39, 0.29) is 6.04 Å². The summed E-state index contributed by atoms with van der Waals surface area (Å²) in [6, 6.07) is 13.5. The third kappa shape index (κ3) is 4.69. The number of para-hydroxylation sites is 1. The Labute approximate surface area is 176 Å². The number of carbonyl (C=O) groups excluding carboxylic acids is 1. The lowest BCUT2D eigenvalue weighted by atomic mass is 10.0. The summed E-state index contributed by atoms with van der Waals surface area (Å²) in [5, 5.41) is 7.70. The molecule has 0 aliphatic heterocycles. The normalized spacial score (nSPS) is 12.0. The summed E-state index contributed by atoms with van der Waals surface area (Å²) in [6.45, 7) is 3.68. The molecule has 158 valence electrons. The Kier molecular flexibility index (Phi) is 7.21. The van der Waals surface area contributed by atoms with Crippen molar-refractivity contribution < 1.29 is 14.3 Å². The minimum Gasteiger partial charge on any atom is -0.494 e. The summed E-state index contributed by atoms with van der Waals surface area (Å²) < 4.78 is 10.9. The highest BCUT2D eigenvalue weighted by Gasteiger charge is 2.18. The van der Waals surface area contributed by atoms with Crippen LogP contribution in [0.25, 0.3) is 10.9 Å². The number of ether oxygens (including phenoxy) is 2. The maximum atomic E-state index is 11.9. The highest BCUT2D eigenvalue weighted by molar-refractivity contribution is 6.08. The first-order valence-corrected chi connectivity index (χ1v) is 9.92. The van der Waals surface area contributed by atoms with Crippen LogP contribution >= 0.6 is 0 Å². The summed E-state index contributed by atoms with van der Waals surface area (Å²) in [5.74, 6) is 0.335. The van der Waals surface area contributed by atoms with E-state index in [9.17, 15) is 4.79 Å². The van der Waals surface area contributed by atoms with Crippen molar-refractivity contribution in [2.45, 2.75) is 19.6 Å². The fourth-order valence-electron chi connectivity index (χ4n) is 3.49. The Bertz CT molecular complexity index is 1010. The van der Waals surface area contributed by atoms with E-state index >= 15 is 0 Å². The van der Waals surface area contributed by atoms with Crippen LogP contribution < -0.4 is 21.1 Å². The molecule has 0 bridgehead atoms. The van der Waals surface area contributed by atoms with E-state index in [1.165, 1.54) is 0 Å². The number of fused-ring (bicyclic) bond motifs is 1. The second-order valence-corrected chi connectivity index (χ2v) is 6.91. The lowest BCUT2D eigenvalue weighted by molar-refractivity contribution is 0.100. The molecule has 3 rings (SSSR count). The maximum Gasteiger partial charge on any atom is 0.250 e. The molecule has 4 N–H and O–H groups in total. The molecule has 0 fully saturated rings. The van der Waals surface area contributed by atoms with Crippen molar-refractivity contribution in [1.82, 2.24) is 10.3 Å². The zero-order valence-electron chi connectivity index (χ0n) is 17.6. The summed E-state index contributed by atoms with van der Waals surface area (Å²) in [5.41, 5.74) is 9.40. The average molecular weight is 409 g/mol. The van der Waals surface area contributed by atoms with Gasteiger partial charge in [0, 0.05) is 30.8 Å². The van der Waals surface area contributed by atoms with E-state index < -0.39 is 5.91 Å². The van der Waals surface area contributed by atoms with Crippen molar-refractivity contribution in [2.24, 2.45) is 5.73 Å². The highest BCUT2D eigenvalue weighted by Crippen LogP contribution is 2.32. The number of nitrogens with two attached hydrogens (primary N) is 1. The van der Waals surface area contributed by atoms with Crippen molar-refractivity contribution in [2.75, 3.05) is 32.6 Å². The molecule has 1 heterocycles. The van der Waals surface area contributed by atoms with Gasteiger partial charge >= 0.3 is 0 Å². The number of benzene rings is 2. The van der Waals surface area contributed by atoms with E-state index in [1.807, 2.05) is 50.4 Å². The molecule has 0 unspecified atom stereocenters. The number of nitrogens with zero attached hydrogens (tertiary/aromatic N) is 1. The number of aromatic nitrogens is 1. The van der Waals surface area contributed by atoms with Crippen LogP contribution in [0, 0.1) is 0 Å². The van der Waals surface area contributed by atoms with Gasteiger partial charge in [0.2, 0.25) is 0 Å². The molecule has 7 nitrogen and oxygen atoms in total. The molecule has 1 atom stereocenters. The van der Waals surface area contributed by atoms with E-state index in [0.29, 0.717) is 30.8 Å². The van der Waals surface area contributed by atoms with Crippen LogP contribution in [0.5, 0.6) is 5.75 Å². The quantitative estimate of drug-likeness (QED) is 0.476. The zero-order chi connectivity index (χ0) is 21.5. The second kappa shape index (κ2) is 10.0. The third-order valence-corrected chi connectivity index (χ3v) is 4.86. The van der Waals surface area contributed by atoms with Crippen molar-refractivity contribution in [3.05, 3.63) is 65.4 Å². The van der Waals surface area contributed by atoms with Crippen LogP contribution in [0.4, 0.5) is 5.69 Å². The van der Waals surface area contributed by atoms with Crippen LogP contribution in [0.1, 0.15) is 34.5 Å². The largest absolute Gasteiger partial charge is 0.494 e. The SMILES string of the molecule is CCOc1ccc([C@@H](CNC)Nc2c(COC)cnc3c(C(N)=O)cccc23)cc1. The minimum absolute atomic E-state index is 0.0240. The van der Waals surface area contributed by atoms with Gasteiger partial charge in [0.05, 0.1) is 36.0 Å². The standard InChI is InChI=1S/C23H28N4O3/c1-4-30-17-10-8-15(9-11-17)20(13-25-2)27-21-16(14-29-3)12-26-22-18(21)6-5-7-19(22)23(24)28/h5-12,20,25H,4,13-14H2,1-3H3,(H2,24,28)(H,26,27)/t20-/m1/s1. The first kappa shape index (κ1) is 21.5. The van der Waals surface area contributed by atoms with E-state index in [1.54, 1.807) is 19.4 Å². The van der Waals surface area contributed by atoms with Gasteiger partial charge in [0.15, 0.2) is 0 Å². The van der Waals surface area contributed by atoms with Gasteiger partial charge in [0.1, 0.15) is 5.75 Å². The predicted octanol–water partition coefficient (Wildman–Crippen LogP) is 3.25. The molecule has 3 aromatic rings. The number of anilines is 1. The number of likely N-dealkylation sites (N-methyl/N-ethyl adjacent to an activating group) is 1. The number of pyridine rings is 1. The first-order chi connectivity index (χ1) is 14.6. The second-order valence-electron chi connectivity index (χ2n) is 6.91. The summed E-state index contributed by atoms with van der Waals surface area (Å²) in [7, 11) is 3.56. The third-order valence-electron chi connectivity index (χ3n) is 4.86. The number of carbonyl (C=O) groups is 1. The number of primary amides is 1. The van der Waals surface area contributed by atoms with Gasteiger partial charge in [-0.3, -0.25) is 9.78 Å². The smallest absolute Gasteiger partial charge is 0.250 e. The van der Waals surface area contributed by atoms with E-state index in [2.05, 4.69) is 15.6 Å². The fraction of sp³-hybridized carbons (Fsp3) is 0.304. The lowest BCUT2D eigenvalue weighted by Crippen LogP contribution is -2.24. The summed E-state index contributed by atoms with van der Waals surface area (Å²) in [4.78, 5) is 16.4. The Morgan fingerprint density at radius 1 is 1.20 bits per heavy atom. The molecule has 2 aromatic carbocycles. The van der Waals surface area contributed by atoms with Gasteiger partial charge in [-0.15, -0.1) is 0 Å². The van der Waals surface area contributed by atoms with E-state index in [4.69, 9.17) is 15.2 Å². The number of amides is 1. The Morgan fingerprint density at radius 2 is 1.97 bits per heavy atom. The average Bonchev–Trinajstić information content (AvgIpc) is 2.75. The monoisotopic (exact) mass is 408 g/mol. The number of hydrogen-bond donors (Lipinski definition) is 3. The van der Waals surface area contributed by atoms with Crippen LogP contribution in [0.15, 0.2) is 48.7 Å². The van der Waals surface area contributed by atoms with Crippen LogP contribution in [0.2, 0.25) is 0 Å². The Balaban J connectivity index is 2.06. The molecule has 1 aromatic heterocycles. The van der Waals surface area contributed by atoms with Crippen LogP contribution in [-0.2, 0) is 11.3 Å².